The zero-order chi connectivity index (χ0) is 37.9. The van der Waals surface area contributed by atoms with Gasteiger partial charge in [-0.05, 0) is 102 Å². The highest BCUT2D eigenvalue weighted by Crippen LogP contribution is 2.37. The summed E-state index contributed by atoms with van der Waals surface area (Å²) in [4.78, 5) is 43.6. The van der Waals surface area contributed by atoms with Crippen molar-refractivity contribution in [2.24, 2.45) is 32.9 Å². The van der Waals surface area contributed by atoms with Crippen molar-refractivity contribution in [1.82, 2.24) is 9.80 Å². The number of amides is 2. The fourth-order valence-electron chi connectivity index (χ4n) is 6.35. The Morgan fingerprint density at radius 3 is 1.31 bits per heavy atom. The molecule has 0 radical (unpaired) electrons. The Labute approximate surface area is 320 Å². The number of aliphatic imine (C=N–C) groups is 2. The molecule has 0 aliphatic carbocycles. The molecule has 10 nitrogen and oxygen atoms in total. The Hall–Kier alpha value is -3.32. The molecule has 4 rings (SSSR count). The van der Waals surface area contributed by atoms with Crippen molar-refractivity contribution >= 4 is 69.7 Å². The Bertz CT molecular complexity index is 1430. The molecule has 0 atom stereocenters. The molecule has 2 amide bonds. The van der Waals surface area contributed by atoms with Crippen LogP contribution in [0.2, 0.25) is 0 Å². The van der Waals surface area contributed by atoms with Crippen LogP contribution in [0.3, 0.4) is 0 Å². The predicted molar refractivity (Wildman–Crippen MR) is 224 cm³/mol. The maximum absolute atomic E-state index is 13.0. The van der Waals surface area contributed by atoms with Gasteiger partial charge >= 0.3 is 0 Å². The van der Waals surface area contributed by atoms with E-state index in [2.05, 4.69) is 49.8 Å². The van der Waals surface area contributed by atoms with Crippen LogP contribution in [-0.2, 0) is 22.4 Å². The number of hydrogen-bond acceptors (Lipinski definition) is 10. The van der Waals surface area contributed by atoms with Crippen LogP contribution in [0.25, 0.3) is 12.2 Å². The first-order chi connectivity index (χ1) is 25.2. The number of aryl methyl sites for hydroxylation is 2. The van der Waals surface area contributed by atoms with E-state index in [1.807, 2.05) is 22.0 Å². The van der Waals surface area contributed by atoms with Gasteiger partial charge in [0, 0.05) is 59.9 Å². The average molecular weight is 753 g/mol. The molecule has 288 valence electrons. The largest absolute Gasteiger partial charge is 0.387 e. The lowest BCUT2D eigenvalue weighted by Crippen LogP contribution is -2.34. The zero-order valence-electron chi connectivity index (χ0n) is 32.2. The first-order valence-electron chi connectivity index (χ1n) is 19.5. The summed E-state index contributed by atoms with van der Waals surface area (Å²) in [6.07, 6.45) is 17.5. The number of rotatable bonds is 20. The summed E-state index contributed by atoms with van der Waals surface area (Å²) in [7, 11) is 0. The molecule has 2 aromatic heterocycles. The van der Waals surface area contributed by atoms with Crippen LogP contribution in [0.1, 0.15) is 124 Å². The van der Waals surface area contributed by atoms with E-state index < -0.39 is 0 Å². The van der Waals surface area contributed by atoms with Crippen molar-refractivity contribution in [3.63, 3.8) is 0 Å². The van der Waals surface area contributed by atoms with E-state index in [0.29, 0.717) is 24.5 Å². The highest BCUT2D eigenvalue weighted by atomic mass is 32.1. The summed E-state index contributed by atoms with van der Waals surface area (Å²) in [5.74, 6) is 1.22. The lowest BCUT2D eigenvalue weighted by Gasteiger charge is -2.22. The van der Waals surface area contributed by atoms with Crippen LogP contribution in [-0.4, -0.2) is 72.6 Å². The molecule has 0 saturated carbocycles. The molecule has 0 fully saturated rings. The molecule has 2 aromatic rings. The van der Waals surface area contributed by atoms with Crippen molar-refractivity contribution in [2.75, 3.05) is 39.3 Å². The van der Waals surface area contributed by atoms with Crippen molar-refractivity contribution < 1.29 is 9.59 Å². The van der Waals surface area contributed by atoms with Gasteiger partial charge in [-0.1, -0.05) is 40.5 Å². The Morgan fingerprint density at radius 1 is 0.615 bits per heavy atom. The number of hydrogen-bond donors (Lipinski definition) is 4. The molecule has 0 unspecified atom stereocenters. The van der Waals surface area contributed by atoms with E-state index in [1.165, 1.54) is 9.75 Å². The summed E-state index contributed by atoms with van der Waals surface area (Å²) in [5, 5.41) is 0. The van der Waals surface area contributed by atoms with E-state index in [9.17, 15) is 9.59 Å². The van der Waals surface area contributed by atoms with Crippen LogP contribution in [0.4, 0.5) is 11.4 Å². The molecule has 2 aliphatic rings. The van der Waals surface area contributed by atoms with Gasteiger partial charge in [-0.3, -0.25) is 9.59 Å². The third-order valence-corrected chi connectivity index (χ3v) is 11.1. The smallest absolute Gasteiger partial charge is 0.250 e. The van der Waals surface area contributed by atoms with E-state index in [-0.39, 0.29) is 11.8 Å². The second-order valence-corrected chi connectivity index (χ2v) is 15.9. The minimum Gasteiger partial charge on any atom is -0.387 e. The number of nitrogens with two attached hydrogens (primary N) is 4. The number of thiophene rings is 2. The zero-order valence-corrected chi connectivity index (χ0v) is 33.8. The van der Waals surface area contributed by atoms with Crippen LogP contribution < -0.4 is 22.9 Å². The third-order valence-electron chi connectivity index (χ3n) is 8.82. The lowest BCUT2D eigenvalue weighted by atomic mass is 10.1. The van der Waals surface area contributed by atoms with Gasteiger partial charge in [0.1, 0.15) is 11.7 Å². The first kappa shape index (κ1) is 43.1. The molecule has 8 N–H and O–H groups in total. The molecule has 0 aromatic carbocycles. The second kappa shape index (κ2) is 23.4. The highest BCUT2D eigenvalue weighted by Gasteiger charge is 2.23. The Morgan fingerprint density at radius 2 is 0.981 bits per heavy atom. The van der Waals surface area contributed by atoms with Gasteiger partial charge in [0.05, 0.1) is 21.1 Å². The van der Waals surface area contributed by atoms with E-state index >= 15 is 0 Å². The fourth-order valence-corrected chi connectivity index (χ4v) is 8.57. The molecule has 52 heavy (non-hydrogen) atoms. The van der Waals surface area contributed by atoms with Gasteiger partial charge in [-0.2, -0.15) is 0 Å². The SMILES string of the molecule is CCCN(CCC)C(=O)C1=Cc2sc(CCCCCN)cc2N=C(N)C1.CCCN(CCC)C(=O)C1=Cc2sc(CCCCCN)cc2N=C(N)C1. The van der Waals surface area contributed by atoms with Crippen molar-refractivity contribution in [3.8, 4) is 0 Å². The lowest BCUT2D eigenvalue weighted by molar-refractivity contribution is -0.128. The average Bonchev–Trinajstić information content (AvgIpc) is 3.58. The van der Waals surface area contributed by atoms with Crippen LogP contribution in [0, 0.1) is 0 Å². The summed E-state index contributed by atoms with van der Waals surface area (Å²) in [6, 6.07) is 4.24. The van der Waals surface area contributed by atoms with Crippen LogP contribution >= 0.6 is 22.7 Å². The number of unbranched alkanes of at least 4 members (excludes halogenated alkanes) is 4. The number of nitrogens with zero attached hydrogens (tertiary/aromatic N) is 4. The summed E-state index contributed by atoms with van der Waals surface area (Å²) in [5.41, 5.74) is 26.6. The molecule has 4 heterocycles. The first-order valence-corrected chi connectivity index (χ1v) is 21.1. The highest BCUT2D eigenvalue weighted by molar-refractivity contribution is 7.13. The normalized spacial score (nSPS) is 13.7. The Balaban J connectivity index is 0.000000280. The number of fused-ring (bicyclic) bond motifs is 2. The van der Waals surface area contributed by atoms with E-state index in [0.717, 1.165) is 149 Å². The minimum absolute atomic E-state index is 0.0950. The molecule has 2 aliphatic heterocycles. The molecule has 0 bridgehead atoms. The summed E-state index contributed by atoms with van der Waals surface area (Å²) >= 11 is 3.45. The molecular weight excluding hydrogens is 689 g/mol. The van der Waals surface area contributed by atoms with Gasteiger partial charge in [0.25, 0.3) is 0 Å². The molecule has 12 heteroatoms. The Kier molecular flexibility index (Phi) is 19.4. The van der Waals surface area contributed by atoms with Gasteiger partial charge < -0.3 is 32.7 Å². The topological polar surface area (TPSA) is 169 Å². The van der Waals surface area contributed by atoms with Gasteiger partial charge in [0.15, 0.2) is 0 Å². The van der Waals surface area contributed by atoms with Gasteiger partial charge in [-0.15, -0.1) is 22.7 Å². The fraction of sp³-hybridized carbons (Fsp3) is 0.600. The second-order valence-electron chi connectivity index (χ2n) is 13.6. The minimum atomic E-state index is 0.0950. The number of carbonyl (C=O) groups is 2. The van der Waals surface area contributed by atoms with Gasteiger partial charge in [-0.25, -0.2) is 9.98 Å². The maximum Gasteiger partial charge on any atom is 0.250 e. The number of carbonyl (C=O) groups excluding carboxylic acids is 2. The van der Waals surface area contributed by atoms with Gasteiger partial charge in [0.2, 0.25) is 11.8 Å². The number of amidine groups is 2. The van der Waals surface area contributed by atoms with E-state index in [4.69, 9.17) is 22.9 Å². The van der Waals surface area contributed by atoms with Crippen LogP contribution in [0.15, 0.2) is 33.3 Å². The van der Waals surface area contributed by atoms with E-state index in [1.54, 1.807) is 22.7 Å². The monoisotopic (exact) mass is 752 g/mol. The van der Waals surface area contributed by atoms with Crippen molar-refractivity contribution in [3.05, 3.63) is 42.8 Å². The van der Waals surface area contributed by atoms with Crippen LogP contribution in [0.5, 0.6) is 0 Å². The molecular formula is C40H64N8O2S2. The van der Waals surface area contributed by atoms with Crippen molar-refractivity contribution in [2.45, 2.75) is 118 Å². The third kappa shape index (κ3) is 13.6. The summed E-state index contributed by atoms with van der Waals surface area (Å²) < 4.78 is 0. The molecule has 0 saturated heterocycles. The predicted octanol–water partition coefficient (Wildman–Crippen LogP) is 7.69. The maximum atomic E-state index is 13.0. The quantitative estimate of drug-likeness (QED) is 0.101. The molecule has 0 spiro atoms. The van der Waals surface area contributed by atoms with Crippen molar-refractivity contribution in [1.29, 1.82) is 0 Å². The standard InChI is InChI=1S/2C20H32N4OS/c2*1-3-10-24(11-4-2)20(25)15-12-18-17(23-19(22)13-15)14-16(26-18)8-6-5-7-9-21/h2*12,14H,3-11,13,21H2,1-2H3,(H2,22,23). The summed E-state index contributed by atoms with van der Waals surface area (Å²) in [6.45, 7) is 13.0.